The summed E-state index contributed by atoms with van der Waals surface area (Å²) in [6.45, 7) is -1.28. The van der Waals surface area contributed by atoms with Crippen LogP contribution in [0.4, 0.5) is 18.0 Å². The minimum atomic E-state index is -4.43. The molecular formula is C19H20F3N3O3. The first kappa shape index (κ1) is 19.8. The molecule has 0 radical (unpaired) electrons. The third-order valence-corrected chi connectivity index (χ3v) is 4.37. The lowest BCUT2D eigenvalue weighted by molar-refractivity contribution is -0.154. The Labute approximate surface area is 160 Å². The summed E-state index contributed by atoms with van der Waals surface area (Å²) in [4.78, 5) is 15.9. The number of alkyl halides is 3. The van der Waals surface area contributed by atoms with Gasteiger partial charge in [0.15, 0.2) is 6.61 Å². The molecule has 0 spiro atoms. The van der Waals surface area contributed by atoms with E-state index in [-0.39, 0.29) is 24.5 Å². The monoisotopic (exact) mass is 395 g/mol. The van der Waals surface area contributed by atoms with Crippen molar-refractivity contribution in [3.05, 3.63) is 53.2 Å². The Balaban J connectivity index is 1.52. The zero-order valence-electron chi connectivity index (χ0n) is 15.2. The van der Waals surface area contributed by atoms with E-state index in [1.165, 1.54) is 12.3 Å². The summed E-state index contributed by atoms with van der Waals surface area (Å²) >= 11 is 0. The average Bonchev–Trinajstić information content (AvgIpc) is 3.06. The lowest BCUT2D eigenvalue weighted by Crippen LogP contribution is -2.36. The molecule has 6 nitrogen and oxygen atoms in total. The van der Waals surface area contributed by atoms with Crippen LogP contribution in [0.15, 0.2) is 36.5 Å². The van der Waals surface area contributed by atoms with E-state index in [1.807, 2.05) is 18.2 Å². The molecular weight excluding hydrogens is 375 g/mol. The van der Waals surface area contributed by atoms with Gasteiger partial charge in [-0.25, -0.2) is 9.78 Å². The minimum Gasteiger partial charge on any atom is -0.497 e. The fraction of sp³-hybridized carbons (Fsp3) is 0.368. The van der Waals surface area contributed by atoms with Gasteiger partial charge in [0, 0.05) is 18.8 Å². The van der Waals surface area contributed by atoms with Crippen LogP contribution in [-0.2, 0) is 13.0 Å². The van der Waals surface area contributed by atoms with Crippen LogP contribution < -0.4 is 20.1 Å². The zero-order valence-corrected chi connectivity index (χ0v) is 15.2. The predicted octanol–water partition coefficient (Wildman–Crippen LogP) is 3.52. The van der Waals surface area contributed by atoms with Crippen LogP contribution in [0.1, 0.15) is 29.2 Å². The first-order valence-electron chi connectivity index (χ1n) is 8.70. The average molecular weight is 395 g/mol. The lowest BCUT2D eigenvalue weighted by Gasteiger charge is -2.15. The number of nitrogens with zero attached hydrogens (tertiary/aromatic N) is 1. The van der Waals surface area contributed by atoms with Gasteiger partial charge in [0.1, 0.15) is 5.75 Å². The first-order chi connectivity index (χ1) is 13.3. The number of fused-ring (bicyclic) bond motifs is 1. The van der Waals surface area contributed by atoms with Gasteiger partial charge in [0.2, 0.25) is 5.88 Å². The summed E-state index contributed by atoms with van der Waals surface area (Å²) < 4.78 is 46.5. The van der Waals surface area contributed by atoms with Gasteiger partial charge >= 0.3 is 12.2 Å². The van der Waals surface area contributed by atoms with Crippen molar-refractivity contribution in [2.45, 2.75) is 31.6 Å². The lowest BCUT2D eigenvalue weighted by atomic mass is 10.1. The van der Waals surface area contributed by atoms with E-state index >= 15 is 0 Å². The number of aromatic nitrogens is 1. The molecule has 1 aromatic carbocycles. The summed E-state index contributed by atoms with van der Waals surface area (Å²) in [6.07, 6.45) is -1.46. The highest BCUT2D eigenvalue weighted by Gasteiger charge is 2.28. The van der Waals surface area contributed by atoms with Crippen LogP contribution in [-0.4, -0.2) is 30.9 Å². The van der Waals surface area contributed by atoms with Crippen molar-refractivity contribution in [3.8, 4) is 11.6 Å². The second-order valence-corrected chi connectivity index (χ2v) is 6.39. The molecule has 28 heavy (non-hydrogen) atoms. The molecule has 1 heterocycles. The molecule has 0 fully saturated rings. The number of carbonyl (C=O) groups is 1. The Hall–Kier alpha value is -2.97. The zero-order chi connectivity index (χ0) is 20.1. The van der Waals surface area contributed by atoms with E-state index < -0.39 is 12.8 Å². The molecule has 1 aliphatic rings. The Bertz CT molecular complexity index is 843. The van der Waals surface area contributed by atoms with Gasteiger partial charge in [0.05, 0.1) is 13.2 Å². The smallest absolute Gasteiger partial charge is 0.422 e. The Kier molecular flexibility index (Phi) is 5.91. The van der Waals surface area contributed by atoms with Gasteiger partial charge in [-0.1, -0.05) is 6.07 Å². The number of amides is 2. The number of rotatable bonds is 6. The quantitative estimate of drug-likeness (QED) is 0.785. The van der Waals surface area contributed by atoms with Crippen molar-refractivity contribution in [2.75, 3.05) is 13.7 Å². The summed E-state index contributed by atoms with van der Waals surface area (Å²) in [6, 6.07) is 8.28. The molecule has 1 aliphatic carbocycles. The van der Waals surface area contributed by atoms with E-state index in [2.05, 4.69) is 20.4 Å². The molecule has 2 N–H and O–H groups in total. The van der Waals surface area contributed by atoms with Crippen molar-refractivity contribution in [3.63, 3.8) is 0 Å². The number of pyridine rings is 1. The molecule has 0 saturated heterocycles. The molecule has 1 atom stereocenters. The number of hydrogen-bond acceptors (Lipinski definition) is 4. The van der Waals surface area contributed by atoms with Gasteiger partial charge in [-0.15, -0.1) is 0 Å². The number of carbonyl (C=O) groups excluding carboxylic acids is 1. The van der Waals surface area contributed by atoms with Crippen molar-refractivity contribution < 1.29 is 27.4 Å². The summed E-state index contributed by atoms with van der Waals surface area (Å²) in [5.74, 6) is 0.640. The van der Waals surface area contributed by atoms with E-state index in [1.54, 1.807) is 13.2 Å². The van der Waals surface area contributed by atoms with Gasteiger partial charge < -0.3 is 20.1 Å². The van der Waals surface area contributed by atoms with E-state index in [4.69, 9.17) is 4.74 Å². The number of nitrogens with one attached hydrogen (secondary N) is 2. The SMILES string of the molecule is COc1ccc2c(c1)CC[C@H]2NC(=O)NCc1ccnc(OCC(F)(F)F)c1. The van der Waals surface area contributed by atoms with Crippen LogP contribution in [0.5, 0.6) is 11.6 Å². The highest BCUT2D eigenvalue weighted by atomic mass is 19.4. The summed E-state index contributed by atoms with van der Waals surface area (Å²) in [7, 11) is 1.61. The number of urea groups is 1. The highest BCUT2D eigenvalue weighted by molar-refractivity contribution is 5.74. The van der Waals surface area contributed by atoms with E-state index in [9.17, 15) is 18.0 Å². The summed E-state index contributed by atoms with van der Waals surface area (Å²) in [5.41, 5.74) is 2.78. The predicted molar refractivity (Wildman–Crippen MR) is 95.2 cm³/mol. The van der Waals surface area contributed by atoms with Gasteiger partial charge in [0.25, 0.3) is 0 Å². The minimum absolute atomic E-state index is 0.0935. The normalized spacial score (nSPS) is 15.6. The first-order valence-corrected chi connectivity index (χ1v) is 8.70. The molecule has 0 unspecified atom stereocenters. The molecule has 1 aromatic heterocycles. The largest absolute Gasteiger partial charge is 0.497 e. The van der Waals surface area contributed by atoms with Gasteiger partial charge in [-0.3, -0.25) is 0 Å². The Morgan fingerprint density at radius 2 is 2.11 bits per heavy atom. The molecule has 150 valence electrons. The molecule has 0 saturated carbocycles. The van der Waals surface area contributed by atoms with Crippen LogP contribution in [0.3, 0.4) is 0 Å². The fourth-order valence-corrected chi connectivity index (χ4v) is 3.06. The third kappa shape index (κ3) is 5.28. The number of halogens is 3. The van der Waals surface area contributed by atoms with Crippen LogP contribution in [0.2, 0.25) is 0 Å². The van der Waals surface area contributed by atoms with E-state index in [0.29, 0.717) is 5.56 Å². The maximum absolute atomic E-state index is 12.2. The van der Waals surface area contributed by atoms with Crippen molar-refractivity contribution >= 4 is 6.03 Å². The molecule has 0 aliphatic heterocycles. The Morgan fingerprint density at radius 1 is 1.29 bits per heavy atom. The number of ether oxygens (including phenoxy) is 2. The highest BCUT2D eigenvalue weighted by Crippen LogP contribution is 2.33. The number of benzene rings is 1. The number of aryl methyl sites for hydroxylation is 1. The second kappa shape index (κ2) is 8.37. The molecule has 2 aromatic rings. The topological polar surface area (TPSA) is 72.5 Å². The van der Waals surface area contributed by atoms with Crippen molar-refractivity contribution in [1.82, 2.24) is 15.6 Å². The number of methoxy groups -OCH3 is 1. The standard InChI is InChI=1S/C19H20F3N3O3/c1-27-14-3-4-15-13(9-14)2-5-16(15)25-18(26)24-10-12-6-7-23-17(8-12)28-11-19(20,21)22/h3-4,6-9,16H,2,5,10-11H2,1H3,(H2,24,25,26)/t16-/m1/s1. The van der Waals surface area contributed by atoms with Crippen LogP contribution >= 0.6 is 0 Å². The molecule has 9 heteroatoms. The van der Waals surface area contributed by atoms with Gasteiger partial charge in [-0.05, 0) is 47.7 Å². The van der Waals surface area contributed by atoms with Crippen LogP contribution in [0.25, 0.3) is 0 Å². The molecule has 2 amide bonds. The third-order valence-electron chi connectivity index (χ3n) is 4.37. The molecule has 3 rings (SSSR count). The van der Waals surface area contributed by atoms with Crippen LogP contribution in [0, 0.1) is 0 Å². The second-order valence-electron chi connectivity index (χ2n) is 6.39. The van der Waals surface area contributed by atoms with E-state index in [0.717, 1.165) is 29.7 Å². The summed E-state index contributed by atoms with van der Waals surface area (Å²) in [5, 5.41) is 5.61. The number of hydrogen-bond donors (Lipinski definition) is 2. The van der Waals surface area contributed by atoms with Gasteiger partial charge in [-0.2, -0.15) is 13.2 Å². The fourth-order valence-electron chi connectivity index (χ4n) is 3.06. The van der Waals surface area contributed by atoms with Crippen molar-refractivity contribution in [1.29, 1.82) is 0 Å². The molecule has 0 bridgehead atoms. The van der Waals surface area contributed by atoms with Crippen molar-refractivity contribution in [2.24, 2.45) is 0 Å². The maximum Gasteiger partial charge on any atom is 0.422 e. The Morgan fingerprint density at radius 3 is 2.86 bits per heavy atom. The maximum atomic E-state index is 12.2.